The molecule has 1 amide bonds. The van der Waals surface area contributed by atoms with Gasteiger partial charge in [0.2, 0.25) is 0 Å². The summed E-state index contributed by atoms with van der Waals surface area (Å²) >= 11 is 11.8. The van der Waals surface area contributed by atoms with E-state index in [2.05, 4.69) is 10.4 Å². The molecule has 0 radical (unpaired) electrons. The van der Waals surface area contributed by atoms with Crippen molar-refractivity contribution in [3.63, 3.8) is 0 Å². The molecule has 0 atom stereocenters. The van der Waals surface area contributed by atoms with Gasteiger partial charge in [0.1, 0.15) is 0 Å². The average Bonchev–Trinajstić information content (AvgIpc) is 2.88. The number of halogens is 3. The molecule has 1 aromatic heterocycles. The molecule has 0 fully saturated rings. The number of carbonyl (C=O) groups excluding carboxylic acids is 1. The van der Waals surface area contributed by atoms with Gasteiger partial charge in [-0.25, -0.2) is 4.68 Å². The molecule has 3 N–H and O–H groups in total. The van der Waals surface area contributed by atoms with Crippen LogP contribution in [0.25, 0.3) is 5.69 Å². The molecular weight excluding hydrogens is 347 g/mol. The Hall–Kier alpha value is -1.27. The second-order valence-corrected chi connectivity index (χ2v) is 6.23. The molecule has 5 nitrogen and oxygen atoms in total. The normalized spacial score (nSPS) is 11.0. The van der Waals surface area contributed by atoms with Crippen molar-refractivity contribution in [2.75, 3.05) is 6.54 Å². The zero-order chi connectivity index (χ0) is 15.6. The number of nitrogens with one attached hydrogen (secondary N) is 1. The maximum absolute atomic E-state index is 12.0. The highest BCUT2D eigenvalue weighted by molar-refractivity contribution is 6.42. The first-order valence-corrected chi connectivity index (χ1v) is 7.10. The van der Waals surface area contributed by atoms with Gasteiger partial charge in [0.15, 0.2) is 5.69 Å². The van der Waals surface area contributed by atoms with Crippen LogP contribution in [0.2, 0.25) is 10.0 Å². The Kier molecular flexibility index (Phi) is 6.26. The molecule has 0 saturated carbocycles. The van der Waals surface area contributed by atoms with Crippen molar-refractivity contribution in [3.05, 3.63) is 46.2 Å². The Morgan fingerprint density at radius 1 is 1.32 bits per heavy atom. The zero-order valence-corrected chi connectivity index (χ0v) is 14.5. The molecule has 0 bridgehead atoms. The maximum Gasteiger partial charge on any atom is 0.271 e. The Bertz CT molecular complexity index is 664. The van der Waals surface area contributed by atoms with Gasteiger partial charge in [0, 0.05) is 18.3 Å². The summed E-state index contributed by atoms with van der Waals surface area (Å²) in [6, 6.07) is 6.76. The second kappa shape index (κ2) is 7.33. The predicted octanol–water partition coefficient (Wildman–Crippen LogP) is 3.07. The Balaban J connectivity index is 0.00000242. The maximum atomic E-state index is 12.0. The number of nitrogens with two attached hydrogens (primary N) is 1. The summed E-state index contributed by atoms with van der Waals surface area (Å²) in [7, 11) is 0. The summed E-state index contributed by atoms with van der Waals surface area (Å²) in [6.07, 6.45) is 1.68. The smallest absolute Gasteiger partial charge is 0.271 e. The average molecular weight is 364 g/mol. The van der Waals surface area contributed by atoms with E-state index in [0.717, 1.165) is 5.69 Å². The van der Waals surface area contributed by atoms with Gasteiger partial charge in [0.25, 0.3) is 5.91 Å². The molecule has 0 aliphatic carbocycles. The van der Waals surface area contributed by atoms with E-state index in [4.69, 9.17) is 28.9 Å². The van der Waals surface area contributed by atoms with Crippen molar-refractivity contribution in [3.8, 4) is 5.69 Å². The molecule has 8 heteroatoms. The molecule has 0 aliphatic rings. The van der Waals surface area contributed by atoms with Gasteiger partial charge in [-0.3, -0.25) is 4.79 Å². The van der Waals surface area contributed by atoms with Crippen molar-refractivity contribution in [2.45, 2.75) is 19.4 Å². The van der Waals surface area contributed by atoms with Crippen LogP contribution in [0.5, 0.6) is 0 Å². The zero-order valence-electron chi connectivity index (χ0n) is 12.1. The lowest BCUT2D eigenvalue weighted by atomic mass is 10.1. The van der Waals surface area contributed by atoms with Gasteiger partial charge in [-0.05, 0) is 38.1 Å². The number of benzene rings is 1. The molecule has 22 heavy (non-hydrogen) atoms. The summed E-state index contributed by atoms with van der Waals surface area (Å²) in [5, 5.41) is 7.85. The molecule has 0 saturated heterocycles. The van der Waals surface area contributed by atoms with E-state index in [1.807, 2.05) is 13.8 Å². The first kappa shape index (κ1) is 18.8. The molecule has 2 aromatic rings. The van der Waals surface area contributed by atoms with E-state index in [9.17, 15) is 4.79 Å². The number of hydrogen-bond acceptors (Lipinski definition) is 3. The van der Waals surface area contributed by atoms with E-state index >= 15 is 0 Å². The van der Waals surface area contributed by atoms with Crippen LogP contribution in [0.3, 0.4) is 0 Å². The van der Waals surface area contributed by atoms with Crippen molar-refractivity contribution < 1.29 is 4.79 Å². The number of hydrogen-bond donors (Lipinski definition) is 2. The number of aromatic nitrogens is 2. The summed E-state index contributed by atoms with van der Waals surface area (Å²) in [5.74, 6) is -0.271. The SMILES string of the molecule is CC(C)(N)CNC(=O)c1ccn(-c2ccc(Cl)c(Cl)c2)n1.Cl. The van der Waals surface area contributed by atoms with Gasteiger partial charge < -0.3 is 11.1 Å². The quantitative estimate of drug-likeness (QED) is 0.877. The number of carbonyl (C=O) groups is 1. The Labute approximate surface area is 145 Å². The molecule has 0 unspecified atom stereocenters. The topological polar surface area (TPSA) is 72.9 Å². The first-order chi connectivity index (χ1) is 9.76. The minimum Gasteiger partial charge on any atom is -0.349 e. The summed E-state index contributed by atoms with van der Waals surface area (Å²) in [5.41, 5.74) is 6.39. The molecule has 1 heterocycles. The van der Waals surface area contributed by atoms with E-state index in [1.54, 1.807) is 35.1 Å². The van der Waals surface area contributed by atoms with E-state index in [-0.39, 0.29) is 18.3 Å². The van der Waals surface area contributed by atoms with Gasteiger partial charge >= 0.3 is 0 Å². The number of nitrogens with zero attached hydrogens (tertiary/aromatic N) is 2. The second-order valence-electron chi connectivity index (χ2n) is 5.42. The lowest BCUT2D eigenvalue weighted by molar-refractivity contribution is 0.0940. The highest BCUT2D eigenvalue weighted by atomic mass is 35.5. The van der Waals surface area contributed by atoms with Gasteiger partial charge in [-0.1, -0.05) is 23.2 Å². The summed E-state index contributed by atoms with van der Waals surface area (Å²) in [6.45, 7) is 4.04. The Morgan fingerprint density at radius 3 is 2.59 bits per heavy atom. The van der Waals surface area contributed by atoms with Crippen LogP contribution in [0.1, 0.15) is 24.3 Å². The van der Waals surface area contributed by atoms with Crippen LogP contribution in [0.4, 0.5) is 0 Å². The third-order valence-electron chi connectivity index (χ3n) is 2.69. The van der Waals surface area contributed by atoms with Crippen LogP contribution in [0, 0.1) is 0 Å². The molecule has 2 rings (SSSR count). The largest absolute Gasteiger partial charge is 0.349 e. The monoisotopic (exact) mass is 362 g/mol. The van der Waals surface area contributed by atoms with Gasteiger partial charge in [0.05, 0.1) is 15.7 Å². The van der Waals surface area contributed by atoms with Crippen molar-refractivity contribution in [1.82, 2.24) is 15.1 Å². The highest BCUT2D eigenvalue weighted by Crippen LogP contribution is 2.24. The van der Waals surface area contributed by atoms with Crippen LogP contribution < -0.4 is 11.1 Å². The van der Waals surface area contributed by atoms with E-state index in [1.165, 1.54) is 0 Å². The number of rotatable bonds is 4. The van der Waals surface area contributed by atoms with E-state index in [0.29, 0.717) is 22.3 Å². The first-order valence-electron chi connectivity index (χ1n) is 6.34. The van der Waals surface area contributed by atoms with Gasteiger partial charge in [-0.2, -0.15) is 5.10 Å². The molecule has 120 valence electrons. The minimum atomic E-state index is -0.470. The van der Waals surface area contributed by atoms with Crippen molar-refractivity contribution in [2.24, 2.45) is 5.73 Å². The lowest BCUT2D eigenvalue weighted by Gasteiger charge is -2.18. The summed E-state index contributed by atoms with van der Waals surface area (Å²) in [4.78, 5) is 12.0. The molecular formula is C14H17Cl3N4O. The minimum absolute atomic E-state index is 0. The fourth-order valence-electron chi connectivity index (χ4n) is 1.62. The van der Waals surface area contributed by atoms with Crippen LogP contribution >= 0.6 is 35.6 Å². The lowest BCUT2D eigenvalue weighted by Crippen LogP contribution is -2.45. The third-order valence-corrected chi connectivity index (χ3v) is 3.43. The highest BCUT2D eigenvalue weighted by Gasteiger charge is 2.15. The predicted molar refractivity (Wildman–Crippen MR) is 91.4 cm³/mol. The van der Waals surface area contributed by atoms with Crippen LogP contribution in [0.15, 0.2) is 30.5 Å². The molecule has 1 aromatic carbocycles. The van der Waals surface area contributed by atoms with Crippen LogP contribution in [-0.2, 0) is 0 Å². The Morgan fingerprint density at radius 2 is 2.00 bits per heavy atom. The fourth-order valence-corrected chi connectivity index (χ4v) is 1.91. The molecule has 0 spiro atoms. The van der Waals surface area contributed by atoms with Crippen LogP contribution in [-0.4, -0.2) is 27.8 Å². The summed E-state index contributed by atoms with van der Waals surface area (Å²) < 4.78 is 1.56. The number of amides is 1. The standard InChI is InChI=1S/C14H16Cl2N4O.ClH/c1-14(2,17)8-18-13(21)12-5-6-20(19-12)9-3-4-10(15)11(16)7-9;/h3-7H,8,17H2,1-2H3,(H,18,21);1H. The third kappa shape index (κ3) is 4.88. The van der Waals surface area contributed by atoms with Crippen molar-refractivity contribution in [1.29, 1.82) is 0 Å². The fraction of sp³-hybridized carbons (Fsp3) is 0.286. The van der Waals surface area contributed by atoms with E-state index < -0.39 is 5.54 Å². The van der Waals surface area contributed by atoms with Gasteiger partial charge in [-0.15, -0.1) is 12.4 Å². The molecule has 0 aliphatic heterocycles. The van der Waals surface area contributed by atoms with Crippen molar-refractivity contribution >= 4 is 41.5 Å².